The Morgan fingerprint density at radius 3 is 2.82 bits per heavy atom. The van der Waals surface area contributed by atoms with Crippen molar-refractivity contribution >= 4 is 0 Å². The van der Waals surface area contributed by atoms with Gasteiger partial charge in [0.2, 0.25) is 0 Å². The summed E-state index contributed by atoms with van der Waals surface area (Å²) in [5.74, 6) is 0.687. The van der Waals surface area contributed by atoms with Crippen molar-refractivity contribution in [3.63, 3.8) is 0 Å². The number of aryl methyl sites for hydroxylation is 1. The fraction of sp³-hybridized carbons (Fsp3) is 0.647. The summed E-state index contributed by atoms with van der Waals surface area (Å²) in [5.41, 5.74) is 2.05. The second-order valence-electron chi connectivity index (χ2n) is 6.12. The van der Waals surface area contributed by atoms with Crippen LogP contribution in [0.1, 0.15) is 37.5 Å². The van der Waals surface area contributed by atoms with Gasteiger partial charge in [0, 0.05) is 25.3 Å². The lowest BCUT2D eigenvalue weighted by Gasteiger charge is -2.31. The van der Waals surface area contributed by atoms with Crippen LogP contribution in [0.4, 0.5) is 0 Å². The first kappa shape index (κ1) is 17.2. The zero-order valence-corrected chi connectivity index (χ0v) is 13.6. The van der Waals surface area contributed by atoms with Gasteiger partial charge < -0.3 is 25.0 Å². The van der Waals surface area contributed by atoms with E-state index in [4.69, 9.17) is 9.47 Å². The highest BCUT2D eigenvalue weighted by atomic mass is 16.5. The maximum absolute atomic E-state index is 10.1. The average molecular weight is 309 g/mol. The normalized spacial score (nSPS) is 22.5. The van der Waals surface area contributed by atoms with Crippen LogP contribution in [-0.4, -0.2) is 48.7 Å². The molecule has 0 heterocycles. The lowest BCUT2D eigenvalue weighted by Crippen LogP contribution is -2.35. The van der Waals surface area contributed by atoms with Crippen LogP contribution in [0.3, 0.4) is 0 Å². The zero-order chi connectivity index (χ0) is 16.1. The highest BCUT2D eigenvalue weighted by Crippen LogP contribution is 2.38. The van der Waals surface area contributed by atoms with Gasteiger partial charge in [0.05, 0.1) is 6.10 Å². The smallest absolute Gasteiger partial charge is 0.125 e. The van der Waals surface area contributed by atoms with Crippen LogP contribution in [-0.2, 0) is 11.2 Å². The number of hydrogen-bond acceptors (Lipinski definition) is 5. The Bertz CT molecular complexity index is 478. The molecule has 0 bridgehead atoms. The SMILES string of the molecule is CO[C@@H]1c2c(cccc2OCC(O)CNC(C)C)CC[C@@H]1O. The van der Waals surface area contributed by atoms with E-state index >= 15 is 0 Å². The number of methoxy groups -OCH3 is 1. The summed E-state index contributed by atoms with van der Waals surface area (Å²) in [5, 5.41) is 23.3. The molecule has 3 atom stereocenters. The molecule has 0 fully saturated rings. The molecule has 1 aliphatic carbocycles. The van der Waals surface area contributed by atoms with Gasteiger partial charge in [-0.2, -0.15) is 0 Å². The van der Waals surface area contributed by atoms with Gasteiger partial charge >= 0.3 is 0 Å². The number of nitrogens with one attached hydrogen (secondary N) is 1. The quantitative estimate of drug-likeness (QED) is 0.710. The van der Waals surface area contributed by atoms with E-state index in [1.807, 2.05) is 32.0 Å². The number of aliphatic hydroxyl groups is 2. The van der Waals surface area contributed by atoms with Crippen molar-refractivity contribution in [3.8, 4) is 5.75 Å². The second-order valence-corrected chi connectivity index (χ2v) is 6.12. The molecular formula is C17H27NO4. The second kappa shape index (κ2) is 7.92. The standard InChI is InChI=1S/C17H27NO4/c1-11(2)18-9-13(19)10-22-15-6-4-5-12-7-8-14(20)17(21-3)16(12)15/h4-6,11,13-14,17-20H,7-10H2,1-3H3/t13?,14-,17-/m0/s1. The van der Waals surface area contributed by atoms with Crippen LogP contribution in [0, 0.1) is 0 Å². The fourth-order valence-corrected chi connectivity index (χ4v) is 2.79. The molecule has 5 nitrogen and oxygen atoms in total. The predicted octanol–water partition coefficient (Wildman–Crippen LogP) is 1.42. The third-order valence-electron chi connectivity index (χ3n) is 3.95. The number of hydrogen-bond donors (Lipinski definition) is 3. The first-order valence-electron chi connectivity index (χ1n) is 7.89. The Morgan fingerprint density at radius 2 is 2.14 bits per heavy atom. The van der Waals surface area contributed by atoms with E-state index in [0.29, 0.717) is 24.8 Å². The predicted molar refractivity (Wildman–Crippen MR) is 85.2 cm³/mol. The van der Waals surface area contributed by atoms with E-state index < -0.39 is 12.2 Å². The largest absolute Gasteiger partial charge is 0.490 e. The highest BCUT2D eigenvalue weighted by Gasteiger charge is 2.31. The van der Waals surface area contributed by atoms with Gasteiger partial charge in [0.15, 0.2) is 0 Å². The van der Waals surface area contributed by atoms with Crippen molar-refractivity contribution < 1.29 is 19.7 Å². The van der Waals surface area contributed by atoms with E-state index in [9.17, 15) is 10.2 Å². The fourth-order valence-electron chi connectivity index (χ4n) is 2.79. The van der Waals surface area contributed by atoms with Crippen LogP contribution in [0.2, 0.25) is 0 Å². The monoisotopic (exact) mass is 309 g/mol. The van der Waals surface area contributed by atoms with Gasteiger partial charge in [0.25, 0.3) is 0 Å². The summed E-state index contributed by atoms with van der Waals surface area (Å²) >= 11 is 0. The van der Waals surface area contributed by atoms with Crippen LogP contribution in [0.5, 0.6) is 5.75 Å². The van der Waals surface area contributed by atoms with Crippen molar-refractivity contribution in [2.24, 2.45) is 0 Å². The van der Waals surface area contributed by atoms with E-state index in [0.717, 1.165) is 17.5 Å². The molecule has 2 rings (SSSR count). The molecule has 0 aromatic heterocycles. The van der Waals surface area contributed by atoms with Crippen molar-refractivity contribution in [1.29, 1.82) is 0 Å². The molecule has 1 aliphatic rings. The molecule has 0 saturated heterocycles. The maximum atomic E-state index is 10.1. The average Bonchev–Trinajstić information content (AvgIpc) is 2.50. The topological polar surface area (TPSA) is 71.0 Å². The molecule has 124 valence electrons. The van der Waals surface area contributed by atoms with Crippen LogP contribution >= 0.6 is 0 Å². The lowest BCUT2D eigenvalue weighted by molar-refractivity contribution is -0.0254. The van der Waals surface area contributed by atoms with Crippen LogP contribution in [0.15, 0.2) is 18.2 Å². The van der Waals surface area contributed by atoms with Gasteiger partial charge in [0.1, 0.15) is 24.6 Å². The highest BCUT2D eigenvalue weighted by molar-refractivity contribution is 5.44. The first-order valence-corrected chi connectivity index (χ1v) is 7.89. The van der Waals surface area contributed by atoms with E-state index in [1.54, 1.807) is 7.11 Å². The zero-order valence-electron chi connectivity index (χ0n) is 13.6. The van der Waals surface area contributed by atoms with Crippen molar-refractivity contribution in [2.75, 3.05) is 20.3 Å². The number of aliphatic hydroxyl groups excluding tert-OH is 2. The van der Waals surface area contributed by atoms with Crippen molar-refractivity contribution in [3.05, 3.63) is 29.3 Å². The van der Waals surface area contributed by atoms with Crippen LogP contribution < -0.4 is 10.1 Å². The number of benzene rings is 1. The lowest BCUT2D eigenvalue weighted by atomic mass is 9.86. The summed E-state index contributed by atoms with van der Waals surface area (Å²) in [6.07, 6.45) is 0.0365. The van der Waals surface area contributed by atoms with E-state index in [1.165, 1.54) is 0 Å². The molecular weight excluding hydrogens is 282 g/mol. The molecule has 0 saturated carbocycles. The minimum absolute atomic E-state index is 0.211. The molecule has 5 heteroatoms. The summed E-state index contributed by atoms with van der Waals surface area (Å²) < 4.78 is 11.2. The summed E-state index contributed by atoms with van der Waals surface area (Å²) in [4.78, 5) is 0. The van der Waals surface area contributed by atoms with E-state index in [2.05, 4.69) is 5.32 Å². The third kappa shape index (κ3) is 4.20. The van der Waals surface area contributed by atoms with Crippen LogP contribution in [0.25, 0.3) is 0 Å². The Morgan fingerprint density at radius 1 is 1.36 bits per heavy atom. The molecule has 1 unspecified atom stereocenters. The molecule has 1 aromatic rings. The Hall–Kier alpha value is -1.14. The van der Waals surface area contributed by atoms with Gasteiger partial charge in [-0.1, -0.05) is 26.0 Å². The minimum Gasteiger partial charge on any atom is -0.490 e. The summed E-state index contributed by atoms with van der Waals surface area (Å²) in [7, 11) is 1.60. The molecule has 3 N–H and O–H groups in total. The molecule has 0 radical (unpaired) electrons. The van der Waals surface area contributed by atoms with Crippen molar-refractivity contribution in [2.45, 2.75) is 51.0 Å². The number of rotatable bonds is 7. The Balaban J connectivity index is 2.06. The Labute approximate surface area is 132 Å². The van der Waals surface area contributed by atoms with Gasteiger partial charge in [-0.3, -0.25) is 0 Å². The number of fused-ring (bicyclic) bond motifs is 1. The van der Waals surface area contributed by atoms with E-state index in [-0.39, 0.29) is 12.7 Å². The summed E-state index contributed by atoms with van der Waals surface area (Å²) in [6, 6.07) is 6.17. The molecule has 22 heavy (non-hydrogen) atoms. The maximum Gasteiger partial charge on any atom is 0.125 e. The third-order valence-corrected chi connectivity index (χ3v) is 3.95. The van der Waals surface area contributed by atoms with Gasteiger partial charge in [-0.05, 0) is 24.5 Å². The minimum atomic E-state index is -0.576. The summed E-state index contributed by atoms with van der Waals surface area (Å²) in [6.45, 7) is 4.77. The molecule has 1 aromatic carbocycles. The van der Waals surface area contributed by atoms with Crippen molar-refractivity contribution in [1.82, 2.24) is 5.32 Å². The molecule has 0 aliphatic heterocycles. The Kier molecular flexibility index (Phi) is 6.20. The van der Waals surface area contributed by atoms with Gasteiger partial charge in [-0.15, -0.1) is 0 Å². The molecule has 0 spiro atoms. The van der Waals surface area contributed by atoms with Gasteiger partial charge in [-0.25, -0.2) is 0 Å². The first-order chi connectivity index (χ1) is 10.5. The molecule has 0 amide bonds. The number of ether oxygens (including phenoxy) is 2.